The van der Waals surface area contributed by atoms with E-state index in [9.17, 15) is 44.3 Å². The maximum atomic E-state index is 14.5. The van der Waals surface area contributed by atoms with Crippen molar-refractivity contribution in [1.29, 1.82) is 0 Å². The molecule has 1 saturated carbocycles. The van der Waals surface area contributed by atoms with Crippen LogP contribution in [0.4, 0.5) is 39.5 Å². The number of halogens is 9. The lowest BCUT2D eigenvalue weighted by Crippen LogP contribution is -2.56. The molecular weight excluding hydrogens is 687 g/mol. The van der Waals surface area contributed by atoms with Crippen molar-refractivity contribution in [3.8, 4) is 0 Å². The smallest absolute Gasteiger partial charge is 0.375 e. The molecule has 2 unspecified atom stereocenters. The van der Waals surface area contributed by atoms with Crippen molar-refractivity contribution in [3.05, 3.63) is 101 Å². The molecule has 2 aliphatic rings. The number of thioether (sulfide) groups is 1. The Morgan fingerprint density at radius 3 is 2.00 bits per heavy atom. The number of piperazine rings is 1. The molecule has 5 rings (SSSR count). The Morgan fingerprint density at radius 1 is 0.857 bits per heavy atom. The van der Waals surface area contributed by atoms with Crippen LogP contribution in [0.1, 0.15) is 36.0 Å². The van der Waals surface area contributed by atoms with Gasteiger partial charge in [0.15, 0.2) is 0 Å². The van der Waals surface area contributed by atoms with Crippen LogP contribution in [0.15, 0.2) is 71.6 Å². The largest absolute Gasteiger partial charge is 0.430 e. The first-order valence-corrected chi connectivity index (χ1v) is 16.2. The Bertz CT molecular complexity index is 1560. The molecule has 0 aromatic heterocycles. The van der Waals surface area contributed by atoms with Crippen LogP contribution in [0.5, 0.6) is 0 Å². The predicted molar refractivity (Wildman–Crippen MR) is 163 cm³/mol. The lowest BCUT2D eigenvalue weighted by Gasteiger charge is -2.39. The molecule has 1 heterocycles. The van der Waals surface area contributed by atoms with Crippen LogP contribution in [0.25, 0.3) is 0 Å². The third-order valence-electron chi connectivity index (χ3n) is 9.14. The Balaban J connectivity index is 1.47. The van der Waals surface area contributed by atoms with E-state index in [4.69, 9.17) is 4.74 Å². The number of hydrogen-bond donors (Lipinski definition) is 0. The van der Waals surface area contributed by atoms with E-state index < -0.39 is 57.9 Å². The van der Waals surface area contributed by atoms with E-state index in [-0.39, 0.29) is 18.6 Å². The molecule has 0 spiro atoms. The molecule has 2 fully saturated rings. The molecule has 15 heteroatoms. The first-order valence-electron chi connectivity index (χ1n) is 15.4. The van der Waals surface area contributed by atoms with E-state index in [0.29, 0.717) is 80.2 Å². The molecule has 0 radical (unpaired) electrons. The average Bonchev–Trinajstić information content (AvgIpc) is 3.48. The van der Waals surface area contributed by atoms with Crippen LogP contribution in [0, 0.1) is 17.5 Å². The van der Waals surface area contributed by atoms with Crippen molar-refractivity contribution in [2.75, 3.05) is 39.9 Å². The molecule has 2 atom stereocenters. The maximum absolute atomic E-state index is 14.5. The summed E-state index contributed by atoms with van der Waals surface area (Å²) in [5.74, 6) is -3.32. The molecule has 0 N–H and O–H groups in total. The van der Waals surface area contributed by atoms with Crippen LogP contribution in [-0.4, -0.2) is 74.0 Å². The monoisotopic (exact) mass is 720 g/mol. The fourth-order valence-electron chi connectivity index (χ4n) is 6.58. The second-order valence-electron chi connectivity index (χ2n) is 12.0. The number of alkyl halides is 6. The minimum absolute atomic E-state index is 0.0178. The van der Waals surface area contributed by atoms with Crippen molar-refractivity contribution < 1.29 is 53.8 Å². The van der Waals surface area contributed by atoms with E-state index in [2.05, 4.69) is 9.64 Å². The molecule has 49 heavy (non-hydrogen) atoms. The SMILES string of the molecule is COCC(=O)N1CCN(C2CCC(Sc3ccc(F)cc3)(c3ccc(C(OCc4c(F)cccc4F)(C(F)(F)F)C(F)(F)F)cc3)C2)CC1. The highest BCUT2D eigenvalue weighted by atomic mass is 32.2. The normalized spacial score (nSPS) is 20.9. The van der Waals surface area contributed by atoms with Crippen molar-refractivity contribution in [3.63, 3.8) is 0 Å². The highest BCUT2D eigenvalue weighted by Crippen LogP contribution is 2.56. The van der Waals surface area contributed by atoms with Gasteiger partial charge in [-0.15, -0.1) is 11.8 Å². The van der Waals surface area contributed by atoms with Crippen LogP contribution < -0.4 is 0 Å². The van der Waals surface area contributed by atoms with Crippen LogP contribution >= 0.6 is 11.8 Å². The maximum Gasteiger partial charge on any atom is 0.430 e. The number of methoxy groups -OCH3 is 1. The second kappa shape index (κ2) is 14.5. The molecule has 0 bridgehead atoms. The number of rotatable bonds is 10. The molecule has 5 nitrogen and oxygen atoms in total. The second-order valence-corrected chi connectivity index (χ2v) is 13.5. The Hall–Kier alpha value is -3.27. The van der Waals surface area contributed by atoms with Crippen LogP contribution in [0.3, 0.4) is 0 Å². The van der Waals surface area contributed by atoms with E-state index in [1.807, 2.05) is 0 Å². The van der Waals surface area contributed by atoms with Gasteiger partial charge in [-0.3, -0.25) is 9.69 Å². The Labute approximate surface area is 281 Å². The predicted octanol–water partition coefficient (Wildman–Crippen LogP) is 7.97. The summed E-state index contributed by atoms with van der Waals surface area (Å²) in [4.78, 5) is 16.8. The molecule has 3 aromatic carbocycles. The lowest BCUT2D eigenvalue weighted by molar-refractivity contribution is -0.392. The summed E-state index contributed by atoms with van der Waals surface area (Å²) in [6.07, 6.45) is -10.5. The quantitative estimate of drug-likeness (QED) is 0.199. The van der Waals surface area contributed by atoms with E-state index >= 15 is 0 Å². The van der Waals surface area contributed by atoms with Gasteiger partial charge < -0.3 is 14.4 Å². The van der Waals surface area contributed by atoms with Gasteiger partial charge in [0.2, 0.25) is 5.91 Å². The third kappa shape index (κ3) is 7.59. The fraction of sp³-hybridized carbons (Fsp3) is 0.441. The summed E-state index contributed by atoms with van der Waals surface area (Å²) in [5, 5.41) is 0. The van der Waals surface area contributed by atoms with E-state index in [1.165, 1.54) is 43.1 Å². The molecule has 1 aliphatic heterocycles. The van der Waals surface area contributed by atoms with Crippen molar-refractivity contribution in [2.24, 2.45) is 0 Å². The summed E-state index contributed by atoms with van der Waals surface area (Å²) < 4.78 is 138. The third-order valence-corrected chi connectivity index (χ3v) is 10.6. The minimum atomic E-state index is -6.07. The molecule has 1 aliphatic carbocycles. The Kier molecular flexibility index (Phi) is 11.0. The van der Waals surface area contributed by atoms with Gasteiger partial charge in [0.1, 0.15) is 24.1 Å². The van der Waals surface area contributed by atoms with E-state index in [1.54, 1.807) is 17.0 Å². The van der Waals surface area contributed by atoms with Crippen LogP contribution in [0.2, 0.25) is 0 Å². The van der Waals surface area contributed by atoms with Gasteiger partial charge in [0, 0.05) is 60.1 Å². The summed E-state index contributed by atoms with van der Waals surface area (Å²) in [7, 11) is 1.43. The van der Waals surface area contributed by atoms with Gasteiger partial charge in [0.25, 0.3) is 5.60 Å². The minimum Gasteiger partial charge on any atom is -0.375 e. The topological polar surface area (TPSA) is 42.0 Å². The summed E-state index contributed by atoms with van der Waals surface area (Å²) in [6, 6.07) is 11.7. The van der Waals surface area contributed by atoms with E-state index in [0.717, 1.165) is 6.07 Å². The lowest BCUT2D eigenvalue weighted by atomic mass is 9.88. The Morgan fingerprint density at radius 2 is 1.45 bits per heavy atom. The van der Waals surface area contributed by atoms with Gasteiger partial charge in [0.05, 0.1) is 6.61 Å². The number of carbonyl (C=O) groups excluding carboxylic acids is 1. The number of carbonyl (C=O) groups is 1. The molecule has 1 saturated heterocycles. The molecule has 1 amide bonds. The number of hydrogen-bond acceptors (Lipinski definition) is 5. The molecule has 266 valence electrons. The zero-order chi connectivity index (χ0) is 35.6. The van der Waals surface area contributed by atoms with Crippen molar-refractivity contribution in [2.45, 2.75) is 59.5 Å². The van der Waals surface area contributed by atoms with Crippen molar-refractivity contribution >= 4 is 17.7 Å². The zero-order valence-electron chi connectivity index (χ0n) is 26.2. The number of benzene rings is 3. The molecule has 3 aromatic rings. The van der Waals surface area contributed by atoms with Crippen LogP contribution in [-0.2, 0) is 31.2 Å². The van der Waals surface area contributed by atoms with Gasteiger partial charge in [-0.2, -0.15) is 26.3 Å². The average molecular weight is 721 g/mol. The standard InChI is InChI=1S/C34H33F9N2O3S/c1-47-21-30(46)45-17-15-44(16-18-45)25-13-14-31(19-25,49-26-11-9-24(35)10-12-26)22-5-7-23(8-6-22)32(33(38,39)40,34(41,42)43)48-20-27-28(36)3-2-4-29(27)37/h2-12,25H,13-21H2,1H3. The summed E-state index contributed by atoms with van der Waals surface area (Å²) in [5.41, 5.74) is -6.84. The van der Waals surface area contributed by atoms with Gasteiger partial charge in [-0.05, 0) is 61.2 Å². The highest BCUT2D eigenvalue weighted by Gasteiger charge is 2.73. The number of ether oxygens (including phenoxy) is 2. The summed E-state index contributed by atoms with van der Waals surface area (Å²) in [6.45, 7) is 0.395. The fourth-order valence-corrected chi connectivity index (χ4v) is 8.06. The zero-order valence-corrected chi connectivity index (χ0v) is 27.0. The molecular formula is C34H33F9N2O3S. The van der Waals surface area contributed by atoms with Crippen molar-refractivity contribution in [1.82, 2.24) is 9.80 Å². The van der Waals surface area contributed by atoms with Gasteiger partial charge >= 0.3 is 12.4 Å². The van der Waals surface area contributed by atoms with Gasteiger partial charge in [-0.25, -0.2) is 13.2 Å². The first kappa shape index (κ1) is 37.0. The number of amides is 1. The highest BCUT2D eigenvalue weighted by molar-refractivity contribution is 8.00. The summed E-state index contributed by atoms with van der Waals surface area (Å²) >= 11 is 1.34. The number of nitrogens with zero attached hydrogens (tertiary/aromatic N) is 2. The van der Waals surface area contributed by atoms with Gasteiger partial charge in [-0.1, -0.05) is 30.3 Å². The first-order chi connectivity index (χ1) is 23.1.